The first-order chi connectivity index (χ1) is 13.1. The lowest BCUT2D eigenvalue weighted by atomic mass is 9.93. The van der Waals surface area contributed by atoms with Gasteiger partial charge >= 0.3 is 8.84 Å². The summed E-state index contributed by atoms with van der Waals surface area (Å²) in [7, 11) is 0.332. The maximum Gasteiger partial charge on any atom is 0.395 e. The molecule has 0 saturated heterocycles. The molecule has 0 N–H and O–H groups in total. The van der Waals surface area contributed by atoms with E-state index in [0.717, 1.165) is 6.04 Å². The second-order valence-corrected chi connectivity index (χ2v) is 10.0. The Kier molecular flexibility index (Phi) is 5.40. The van der Waals surface area contributed by atoms with Crippen molar-refractivity contribution in [3.63, 3.8) is 0 Å². The van der Waals surface area contributed by atoms with E-state index in [1.807, 2.05) is 0 Å². The Labute approximate surface area is 164 Å². The average molecular weight is 376 g/mol. The van der Waals surface area contributed by atoms with Gasteiger partial charge < -0.3 is 9.03 Å². The SMILES string of the molecule is CC1=Cc2c(-c3ccccc3)cccc2C1C[Si](=O)N(C)C1CCCCC1. The summed E-state index contributed by atoms with van der Waals surface area (Å²) in [6.07, 6.45) is 8.65. The predicted octanol–water partition coefficient (Wildman–Crippen LogP) is 6.04. The van der Waals surface area contributed by atoms with Crippen molar-refractivity contribution in [2.75, 3.05) is 7.05 Å². The summed E-state index contributed by atoms with van der Waals surface area (Å²) in [5.74, 6) is 0.293. The fourth-order valence-electron chi connectivity index (χ4n) is 4.75. The van der Waals surface area contributed by atoms with Crippen LogP contribution in [-0.4, -0.2) is 26.5 Å². The molecule has 27 heavy (non-hydrogen) atoms. The Morgan fingerprint density at radius 3 is 2.48 bits per heavy atom. The first-order valence-corrected chi connectivity index (χ1v) is 11.8. The zero-order chi connectivity index (χ0) is 18.8. The minimum absolute atomic E-state index is 0.293. The number of fused-ring (bicyclic) bond motifs is 1. The lowest BCUT2D eigenvalue weighted by Crippen LogP contribution is -2.40. The van der Waals surface area contributed by atoms with E-state index in [4.69, 9.17) is 0 Å². The maximum absolute atomic E-state index is 13.2. The largest absolute Gasteiger partial charge is 0.395 e. The first-order valence-electron chi connectivity index (χ1n) is 10.3. The zero-order valence-electron chi connectivity index (χ0n) is 16.4. The van der Waals surface area contributed by atoms with E-state index in [1.165, 1.54) is 59.9 Å². The van der Waals surface area contributed by atoms with Crippen molar-refractivity contribution in [3.8, 4) is 11.1 Å². The van der Waals surface area contributed by atoms with Gasteiger partial charge in [0, 0.05) is 25.1 Å². The van der Waals surface area contributed by atoms with Gasteiger partial charge in [-0.15, -0.1) is 0 Å². The van der Waals surface area contributed by atoms with E-state index in [1.54, 1.807) is 0 Å². The quantitative estimate of drug-likeness (QED) is 0.594. The number of benzene rings is 2. The van der Waals surface area contributed by atoms with Gasteiger partial charge in [0.2, 0.25) is 0 Å². The first kappa shape index (κ1) is 18.4. The smallest absolute Gasteiger partial charge is 0.377 e. The predicted molar refractivity (Wildman–Crippen MR) is 114 cm³/mol. The van der Waals surface area contributed by atoms with E-state index in [-0.39, 0.29) is 0 Å². The molecule has 0 aliphatic heterocycles. The van der Waals surface area contributed by atoms with Crippen LogP contribution in [0.5, 0.6) is 0 Å². The van der Waals surface area contributed by atoms with Crippen LogP contribution in [0.4, 0.5) is 0 Å². The molecule has 2 aromatic carbocycles. The van der Waals surface area contributed by atoms with Gasteiger partial charge in [0.1, 0.15) is 0 Å². The van der Waals surface area contributed by atoms with E-state index < -0.39 is 8.84 Å². The molecular weight excluding hydrogens is 346 g/mol. The molecule has 4 rings (SSSR count). The highest BCUT2D eigenvalue weighted by atomic mass is 28.3. The summed E-state index contributed by atoms with van der Waals surface area (Å²) in [5.41, 5.74) is 6.57. The molecule has 0 spiro atoms. The van der Waals surface area contributed by atoms with Gasteiger partial charge in [-0.1, -0.05) is 79.4 Å². The molecule has 0 aromatic heterocycles. The van der Waals surface area contributed by atoms with E-state index >= 15 is 0 Å². The van der Waals surface area contributed by atoms with Crippen molar-refractivity contribution in [1.82, 2.24) is 4.57 Å². The van der Waals surface area contributed by atoms with Gasteiger partial charge in [0.05, 0.1) is 0 Å². The minimum Gasteiger partial charge on any atom is -0.377 e. The zero-order valence-corrected chi connectivity index (χ0v) is 17.4. The number of allylic oxidation sites excluding steroid dienone is 1. The molecule has 140 valence electrons. The van der Waals surface area contributed by atoms with E-state index in [9.17, 15) is 4.46 Å². The van der Waals surface area contributed by atoms with E-state index in [0.29, 0.717) is 12.0 Å². The maximum atomic E-state index is 13.2. The monoisotopic (exact) mass is 375 g/mol. The third-order valence-corrected chi connectivity index (χ3v) is 8.33. The van der Waals surface area contributed by atoms with Gasteiger partial charge in [-0.3, -0.25) is 0 Å². The van der Waals surface area contributed by atoms with E-state index in [2.05, 4.69) is 73.1 Å². The third-order valence-electron chi connectivity index (χ3n) is 6.42. The summed E-state index contributed by atoms with van der Waals surface area (Å²) in [6, 6.07) is 18.5. The summed E-state index contributed by atoms with van der Waals surface area (Å²) in [6.45, 7) is 2.20. The summed E-state index contributed by atoms with van der Waals surface area (Å²) in [5, 5.41) is 0. The Morgan fingerprint density at radius 1 is 1.00 bits per heavy atom. The molecule has 2 nitrogen and oxygen atoms in total. The molecule has 2 aliphatic rings. The lowest BCUT2D eigenvalue weighted by Gasteiger charge is -2.32. The second-order valence-electron chi connectivity index (χ2n) is 8.12. The molecule has 1 saturated carbocycles. The van der Waals surface area contributed by atoms with Crippen molar-refractivity contribution in [2.45, 2.75) is 57.0 Å². The van der Waals surface area contributed by atoms with Crippen LogP contribution >= 0.6 is 0 Å². The highest BCUT2D eigenvalue weighted by Crippen LogP contribution is 2.43. The summed E-state index contributed by atoms with van der Waals surface area (Å²) >= 11 is 0. The van der Waals surface area contributed by atoms with Gasteiger partial charge in [-0.05, 0) is 42.0 Å². The molecule has 0 heterocycles. The van der Waals surface area contributed by atoms with Crippen LogP contribution in [0.2, 0.25) is 6.04 Å². The molecule has 0 amide bonds. The van der Waals surface area contributed by atoms with Crippen LogP contribution in [0.1, 0.15) is 56.1 Å². The molecule has 1 atom stereocenters. The molecule has 1 unspecified atom stereocenters. The van der Waals surface area contributed by atoms with Crippen LogP contribution in [0.3, 0.4) is 0 Å². The molecule has 3 heteroatoms. The molecule has 1 fully saturated rings. The van der Waals surface area contributed by atoms with Gasteiger partial charge in [0.25, 0.3) is 0 Å². The topological polar surface area (TPSA) is 20.3 Å². The Balaban J connectivity index is 1.57. The fourth-order valence-corrected chi connectivity index (χ4v) is 6.60. The van der Waals surface area contributed by atoms with Crippen LogP contribution < -0.4 is 0 Å². The van der Waals surface area contributed by atoms with Crippen LogP contribution in [0.15, 0.2) is 54.1 Å². The van der Waals surface area contributed by atoms with Crippen LogP contribution in [0.25, 0.3) is 17.2 Å². The number of rotatable bonds is 5. The fraction of sp³-hybridized carbons (Fsp3) is 0.417. The normalized spacial score (nSPS) is 19.5. The summed E-state index contributed by atoms with van der Waals surface area (Å²) < 4.78 is 15.4. The lowest BCUT2D eigenvalue weighted by molar-refractivity contribution is 0.271. The number of hydrogen-bond donors (Lipinski definition) is 0. The molecule has 2 aliphatic carbocycles. The van der Waals surface area contributed by atoms with Crippen molar-refractivity contribution < 1.29 is 4.46 Å². The van der Waals surface area contributed by atoms with Gasteiger partial charge in [-0.2, -0.15) is 0 Å². The van der Waals surface area contributed by atoms with Gasteiger partial charge in [0.15, 0.2) is 0 Å². The van der Waals surface area contributed by atoms with Gasteiger partial charge in [-0.25, -0.2) is 0 Å². The Hall–Kier alpha value is -2.00. The van der Waals surface area contributed by atoms with Crippen molar-refractivity contribution in [3.05, 3.63) is 65.2 Å². The number of hydrogen-bond acceptors (Lipinski definition) is 1. The summed E-state index contributed by atoms with van der Waals surface area (Å²) in [4.78, 5) is 0. The van der Waals surface area contributed by atoms with Crippen LogP contribution in [-0.2, 0) is 4.46 Å². The third kappa shape index (κ3) is 3.70. The van der Waals surface area contributed by atoms with Crippen molar-refractivity contribution in [1.29, 1.82) is 0 Å². The molecule has 0 bridgehead atoms. The minimum atomic E-state index is -1.76. The Morgan fingerprint density at radius 2 is 1.74 bits per heavy atom. The molecular formula is C24H29NOSi. The number of nitrogens with zero attached hydrogens (tertiary/aromatic N) is 1. The van der Waals surface area contributed by atoms with Crippen molar-refractivity contribution >= 4 is 14.9 Å². The molecule has 0 radical (unpaired) electrons. The average Bonchev–Trinajstić information content (AvgIpc) is 3.04. The highest BCUT2D eigenvalue weighted by Gasteiger charge is 2.31. The van der Waals surface area contributed by atoms with Crippen molar-refractivity contribution in [2.24, 2.45) is 0 Å². The second kappa shape index (κ2) is 7.93. The van der Waals surface area contributed by atoms with Crippen LogP contribution in [0, 0.1) is 0 Å². The highest BCUT2D eigenvalue weighted by molar-refractivity contribution is 6.39. The molecule has 2 aromatic rings. The Bertz CT molecular complexity index is 852. The standard InChI is InChI=1S/C24H29NOSi/c1-18-16-23-21(19-10-5-3-6-11-19)14-9-15-22(23)24(18)17-27(26)25(2)20-12-7-4-8-13-20/h3,5-6,9-11,14-16,20,24H,4,7-8,12-13,17H2,1-2H3.